The van der Waals surface area contributed by atoms with Crippen LogP contribution in [-0.4, -0.2) is 50.0 Å². The molecule has 12 heteroatoms. The zero-order chi connectivity index (χ0) is 24.5. The van der Waals surface area contributed by atoms with Crippen molar-refractivity contribution in [2.24, 2.45) is 4.99 Å². The first-order valence-electron chi connectivity index (χ1n) is 9.89. The highest BCUT2D eigenvalue weighted by molar-refractivity contribution is 8.18. The molecule has 0 spiro atoms. The smallest absolute Gasteiger partial charge is 0.416 e. The van der Waals surface area contributed by atoms with E-state index >= 15 is 0 Å². The lowest BCUT2D eigenvalue weighted by atomic mass is 10.1. The normalized spacial score (nSPS) is 15.3. The Morgan fingerprint density at radius 2 is 2.00 bits per heavy atom. The van der Waals surface area contributed by atoms with E-state index in [1.54, 1.807) is 24.3 Å². The zero-order valence-electron chi connectivity index (χ0n) is 17.3. The third-order valence-electron chi connectivity index (χ3n) is 4.90. The van der Waals surface area contributed by atoms with E-state index < -0.39 is 29.4 Å². The number of carboxylic acid groups (broad SMARTS) is 1. The monoisotopic (exact) mass is 490 g/mol. The second-order valence-electron chi connectivity index (χ2n) is 7.38. The topological polar surface area (TPSA) is 117 Å². The largest absolute Gasteiger partial charge is 0.508 e. The van der Waals surface area contributed by atoms with Gasteiger partial charge in [-0.1, -0.05) is 23.9 Å². The zero-order valence-corrected chi connectivity index (χ0v) is 18.2. The van der Waals surface area contributed by atoms with Crippen LogP contribution in [0, 0.1) is 0 Å². The molecule has 0 saturated carbocycles. The number of nitrogens with one attached hydrogen (secondary N) is 1. The van der Waals surface area contributed by atoms with Crippen molar-refractivity contribution in [1.29, 1.82) is 0 Å². The van der Waals surface area contributed by atoms with Crippen molar-refractivity contribution in [2.75, 3.05) is 13.1 Å². The number of thioether (sulfide) groups is 1. The van der Waals surface area contributed by atoms with Gasteiger partial charge in [0, 0.05) is 11.9 Å². The molecule has 8 nitrogen and oxygen atoms in total. The van der Waals surface area contributed by atoms with Gasteiger partial charge in [0.25, 0.3) is 5.91 Å². The molecule has 0 atom stereocenters. The molecule has 3 N–H and O–H groups in total. The molecule has 1 amide bonds. The number of aliphatic imine (C=N–C) groups is 1. The van der Waals surface area contributed by atoms with Crippen LogP contribution in [0.25, 0.3) is 17.0 Å². The van der Waals surface area contributed by atoms with Crippen LogP contribution in [0.3, 0.4) is 0 Å². The number of rotatable bonds is 7. The second-order valence-corrected chi connectivity index (χ2v) is 8.49. The number of amides is 1. The molecule has 1 aromatic heterocycles. The van der Waals surface area contributed by atoms with Crippen LogP contribution in [0.1, 0.15) is 16.7 Å². The Hall–Kier alpha value is -3.64. The van der Waals surface area contributed by atoms with Crippen LogP contribution in [0.4, 0.5) is 13.2 Å². The van der Waals surface area contributed by atoms with Crippen LogP contribution >= 0.6 is 11.8 Å². The van der Waals surface area contributed by atoms with Crippen LogP contribution in [0.15, 0.2) is 52.5 Å². The summed E-state index contributed by atoms with van der Waals surface area (Å²) in [6.07, 6.45) is -1.46. The Kier molecular flexibility index (Phi) is 6.44. The number of halogens is 3. The summed E-state index contributed by atoms with van der Waals surface area (Å²) < 4.78 is 41.5. The minimum atomic E-state index is -4.62. The maximum absolute atomic E-state index is 13.4. The van der Waals surface area contributed by atoms with Gasteiger partial charge in [0.2, 0.25) is 0 Å². The molecule has 0 fully saturated rings. The highest BCUT2D eigenvalue weighted by Gasteiger charge is 2.34. The van der Waals surface area contributed by atoms with Gasteiger partial charge >= 0.3 is 12.1 Å². The standard InChI is InChI=1S/C22H17F3N4O4S/c23-22(24,25)16-7-15(30)3-2-13(16)11-29-17-4-1-12(5-14(17)8-27-29)6-18-21(33)28-19(34-18)9-26-10-20(31)32/h1-8,26,30H,9-11H2,(H,31,32)/b18-6-. The second kappa shape index (κ2) is 9.31. The third kappa shape index (κ3) is 5.29. The van der Waals surface area contributed by atoms with Gasteiger partial charge in [0.05, 0.1) is 40.3 Å². The predicted molar refractivity (Wildman–Crippen MR) is 120 cm³/mol. The Morgan fingerprint density at radius 1 is 1.21 bits per heavy atom. The molecular weight excluding hydrogens is 473 g/mol. The number of hydrogen-bond acceptors (Lipinski definition) is 6. The van der Waals surface area contributed by atoms with Crippen molar-refractivity contribution < 1.29 is 33.0 Å². The Bertz CT molecular complexity index is 1350. The van der Waals surface area contributed by atoms with Crippen LogP contribution in [0.2, 0.25) is 0 Å². The lowest BCUT2D eigenvalue weighted by molar-refractivity contribution is -0.138. The fourth-order valence-electron chi connectivity index (χ4n) is 3.41. The van der Waals surface area contributed by atoms with E-state index in [-0.39, 0.29) is 25.2 Å². The van der Waals surface area contributed by atoms with E-state index in [9.17, 15) is 27.9 Å². The molecule has 0 saturated heterocycles. The summed E-state index contributed by atoms with van der Waals surface area (Å²) in [6.45, 7) is -0.237. The molecule has 0 radical (unpaired) electrons. The third-order valence-corrected chi connectivity index (χ3v) is 5.88. The van der Waals surface area contributed by atoms with Crippen molar-refractivity contribution in [3.8, 4) is 5.75 Å². The summed E-state index contributed by atoms with van der Waals surface area (Å²) in [7, 11) is 0. The molecular formula is C22H17F3N4O4S. The summed E-state index contributed by atoms with van der Waals surface area (Å²) in [5.74, 6) is -1.91. The number of nitrogens with zero attached hydrogens (tertiary/aromatic N) is 3. The van der Waals surface area contributed by atoms with E-state index in [2.05, 4.69) is 15.4 Å². The molecule has 0 bridgehead atoms. The maximum Gasteiger partial charge on any atom is 0.416 e. The minimum Gasteiger partial charge on any atom is -0.508 e. The SMILES string of the molecule is O=C(O)CNCC1=NC(=O)/C(=C/c2ccc3c(cnn3Cc3ccc(O)cc3C(F)(F)F)c2)S1. The highest BCUT2D eigenvalue weighted by atomic mass is 32.2. The number of aromatic hydroxyl groups is 1. The number of carboxylic acids is 1. The van der Waals surface area contributed by atoms with Gasteiger partial charge < -0.3 is 15.5 Å². The summed E-state index contributed by atoms with van der Waals surface area (Å²) in [4.78, 5) is 27.0. The number of aliphatic carboxylic acids is 1. The molecule has 1 aliphatic heterocycles. The Morgan fingerprint density at radius 3 is 2.74 bits per heavy atom. The summed E-state index contributed by atoms with van der Waals surface area (Å²) in [6, 6.07) is 8.27. The number of benzene rings is 2. The van der Waals surface area contributed by atoms with Crippen molar-refractivity contribution in [2.45, 2.75) is 12.7 Å². The Labute approximate surface area is 194 Å². The van der Waals surface area contributed by atoms with Crippen LogP contribution in [-0.2, 0) is 22.3 Å². The van der Waals surface area contributed by atoms with Crippen molar-refractivity contribution in [3.63, 3.8) is 0 Å². The summed E-state index contributed by atoms with van der Waals surface area (Å²) >= 11 is 1.14. The van der Waals surface area contributed by atoms with Gasteiger partial charge in [-0.25, -0.2) is 4.99 Å². The quantitative estimate of drug-likeness (QED) is 0.434. The first-order valence-corrected chi connectivity index (χ1v) is 10.7. The molecule has 34 heavy (non-hydrogen) atoms. The van der Waals surface area contributed by atoms with Gasteiger partial charge in [-0.05, 0) is 41.5 Å². The Balaban J connectivity index is 1.53. The van der Waals surface area contributed by atoms with Gasteiger partial charge in [-0.2, -0.15) is 18.3 Å². The average Bonchev–Trinajstić information content (AvgIpc) is 3.31. The van der Waals surface area contributed by atoms with Crippen molar-refractivity contribution >= 4 is 45.7 Å². The van der Waals surface area contributed by atoms with E-state index in [1.165, 1.54) is 23.0 Å². The van der Waals surface area contributed by atoms with Gasteiger partial charge in [0.1, 0.15) is 5.75 Å². The first kappa shape index (κ1) is 23.5. The number of phenols is 1. The number of fused-ring (bicyclic) bond motifs is 1. The maximum atomic E-state index is 13.4. The van der Waals surface area contributed by atoms with Crippen molar-refractivity contribution in [3.05, 3.63) is 64.2 Å². The molecule has 0 unspecified atom stereocenters. The number of phenolic OH excluding ortho intramolecular Hbond substituents is 1. The predicted octanol–water partition coefficient (Wildman–Crippen LogP) is 3.50. The molecule has 4 rings (SSSR count). The molecule has 0 aliphatic carbocycles. The van der Waals surface area contributed by atoms with E-state index in [4.69, 9.17) is 5.11 Å². The highest BCUT2D eigenvalue weighted by Crippen LogP contribution is 2.35. The van der Waals surface area contributed by atoms with E-state index in [0.29, 0.717) is 32.5 Å². The lowest BCUT2D eigenvalue weighted by Crippen LogP contribution is -2.26. The minimum absolute atomic E-state index is 0.0318. The van der Waals surface area contributed by atoms with Crippen LogP contribution in [0.5, 0.6) is 5.75 Å². The molecule has 2 aromatic carbocycles. The fourth-order valence-corrected chi connectivity index (χ4v) is 4.29. The average molecular weight is 490 g/mol. The number of alkyl halides is 3. The molecule has 1 aliphatic rings. The molecule has 2 heterocycles. The summed E-state index contributed by atoms with van der Waals surface area (Å²) in [5.41, 5.74) is 0.320. The number of carbonyl (C=O) groups is 2. The molecule has 176 valence electrons. The van der Waals surface area contributed by atoms with Crippen LogP contribution < -0.4 is 5.32 Å². The number of hydrogen-bond donors (Lipinski definition) is 3. The van der Waals surface area contributed by atoms with Gasteiger partial charge in [0.15, 0.2) is 0 Å². The van der Waals surface area contributed by atoms with E-state index in [0.717, 1.165) is 11.8 Å². The van der Waals surface area contributed by atoms with Gasteiger partial charge in [-0.3, -0.25) is 14.3 Å². The van der Waals surface area contributed by atoms with E-state index in [1.807, 2.05) is 0 Å². The lowest BCUT2D eigenvalue weighted by Gasteiger charge is -2.14. The van der Waals surface area contributed by atoms with Gasteiger partial charge in [-0.15, -0.1) is 0 Å². The fraction of sp³-hybridized carbons (Fsp3) is 0.182. The molecule has 3 aromatic rings. The number of carbonyl (C=O) groups excluding carboxylic acids is 1. The van der Waals surface area contributed by atoms with Crippen molar-refractivity contribution in [1.82, 2.24) is 15.1 Å². The first-order chi connectivity index (χ1) is 16.1. The number of aromatic nitrogens is 2. The summed E-state index contributed by atoms with van der Waals surface area (Å²) in [5, 5.41) is 26.1.